The minimum absolute atomic E-state index is 0.182. The van der Waals surface area contributed by atoms with Gasteiger partial charge in [0, 0.05) is 0 Å². The summed E-state index contributed by atoms with van der Waals surface area (Å²) in [7, 11) is 0. The number of hydrogen-bond donors (Lipinski definition) is 0. The van der Waals surface area contributed by atoms with E-state index in [0.717, 1.165) is 37.4 Å². The highest BCUT2D eigenvalue weighted by Gasteiger charge is 2.81. The maximum absolute atomic E-state index is 13.9. The fourth-order valence-electron chi connectivity index (χ4n) is 4.04. The molecule has 0 aliphatic heterocycles. The highest BCUT2D eigenvalue weighted by Crippen LogP contribution is 2.54. The van der Waals surface area contributed by atoms with Crippen LogP contribution in [0.4, 0.5) is 39.5 Å². The second-order valence-corrected chi connectivity index (χ2v) is 14.4. The van der Waals surface area contributed by atoms with Crippen molar-refractivity contribution in [3.8, 4) is 6.07 Å². The van der Waals surface area contributed by atoms with E-state index in [9.17, 15) is 49.6 Å². The summed E-state index contributed by atoms with van der Waals surface area (Å²) >= 11 is 7.42. The van der Waals surface area contributed by atoms with Gasteiger partial charge in [0.25, 0.3) is 0 Å². The minimum Gasteiger partial charge on any atom is -0.465 e. The number of nitrogens with zero attached hydrogens (tertiary/aromatic N) is 1. The Balaban J connectivity index is 5.16. The van der Waals surface area contributed by atoms with E-state index in [2.05, 4.69) is 24.3 Å². The second kappa shape index (κ2) is 20.2. The average molecular weight is 704 g/mol. The van der Waals surface area contributed by atoms with Crippen molar-refractivity contribution in [3.63, 3.8) is 0 Å². The van der Waals surface area contributed by atoms with Crippen LogP contribution in [0.2, 0.25) is 0 Å². The van der Waals surface area contributed by atoms with Gasteiger partial charge in [0.2, 0.25) is 0 Å². The van der Waals surface area contributed by atoms with Gasteiger partial charge in [0.1, 0.15) is 8.78 Å². The number of carbonyl (C=O) groups is 1. The molecule has 0 rings (SSSR count). The van der Waals surface area contributed by atoms with E-state index in [1.807, 2.05) is 0 Å². The van der Waals surface area contributed by atoms with Crippen LogP contribution in [0.1, 0.15) is 104 Å². The number of carbonyl (C=O) groups excluding carboxylic acids is 1. The molecular formula is C29H42F9NO2S3. The van der Waals surface area contributed by atoms with Gasteiger partial charge in [-0.1, -0.05) is 94.8 Å². The second-order valence-electron chi connectivity index (χ2n) is 10.9. The number of thiocarbonyl (C=S) groups is 1. The van der Waals surface area contributed by atoms with E-state index in [4.69, 9.17) is 12.2 Å². The Hall–Kier alpha value is -1.14. The van der Waals surface area contributed by atoms with Crippen LogP contribution in [-0.4, -0.2) is 51.1 Å². The molecule has 3 nitrogen and oxygen atoms in total. The number of hydrogen-bond acceptors (Lipinski definition) is 6. The summed E-state index contributed by atoms with van der Waals surface area (Å²) in [5.41, 5.74) is -1.13. The summed E-state index contributed by atoms with van der Waals surface area (Å²) in [6.07, 6.45) is 4.10. The Labute approximate surface area is 268 Å². The Bertz CT molecular complexity index is 927. The van der Waals surface area contributed by atoms with Crippen LogP contribution < -0.4 is 0 Å². The number of esters is 1. The van der Waals surface area contributed by atoms with E-state index >= 15 is 0 Å². The number of ether oxygens (including phenoxy) is 1. The van der Waals surface area contributed by atoms with E-state index in [0.29, 0.717) is 12.2 Å². The zero-order chi connectivity index (χ0) is 34.1. The number of unbranched alkanes of at least 4 members (excludes halogenated alkanes) is 9. The van der Waals surface area contributed by atoms with Crippen molar-refractivity contribution in [1.82, 2.24) is 0 Å². The molecule has 0 aliphatic rings. The van der Waals surface area contributed by atoms with Crippen LogP contribution in [0.15, 0.2) is 12.7 Å². The zero-order valence-electron chi connectivity index (χ0n) is 25.1. The number of nitriles is 1. The molecule has 0 fully saturated rings. The van der Waals surface area contributed by atoms with Gasteiger partial charge in [-0.25, -0.2) is 0 Å². The van der Waals surface area contributed by atoms with Crippen LogP contribution in [0.25, 0.3) is 0 Å². The first-order chi connectivity index (χ1) is 20.3. The summed E-state index contributed by atoms with van der Waals surface area (Å²) in [4.78, 5) is 12.8. The fraction of sp³-hybridized carbons (Fsp3) is 0.828. The van der Waals surface area contributed by atoms with Gasteiger partial charge in [-0.2, -0.15) is 44.8 Å². The van der Waals surface area contributed by atoms with Crippen molar-refractivity contribution < 1.29 is 49.0 Å². The molecule has 44 heavy (non-hydrogen) atoms. The third-order valence-corrected chi connectivity index (χ3v) is 9.74. The summed E-state index contributed by atoms with van der Waals surface area (Å²) < 4.78 is 123. The monoisotopic (exact) mass is 703 g/mol. The van der Waals surface area contributed by atoms with Crippen LogP contribution in [-0.2, 0) is 9.53 Å². The van der Waals surface area contributed by atoms with Gasteiger partial charge in [-0.15, -0.1) is 18.3 Å². The van der Waals surface area contributed by atoms with Crippen molar-refractivity contribution >= 4 is 45.2 Å². The molecule has 0 saturated heterocycles. The topological polar surface area (TPSA) is 50.1 Å². The third-order valence-electron chi connectivity index (χ3n) is 6.90. The van der Waals surface area contributed by atoms with Gasteiger partial charge >= 0.3 is 29.9 Å². The molecule has 0 aliphatic carbocycles. The summed E-state index contributed by atoms with van der Waals surface area (Å²) in [6, 6.07) is 2.07. The van der Waals surface area contributed by atoms with Gasteiger partial charge in [0.15, 0.2) is 0 Å². The molecule has 0 N–H and O–H groups in total. The molecule has 0 aromatic carbocycles. The molecule has 2 atom stereocenters. The number of alkyl halides is 9. The number of thioether (sulfide) groups is 2. The molecule has 0 heterocycles. The highest BCUT2D eigenvalue weighted by molar-refractivity contribution is 8.47. The lowest BCUT2D eigenvalue weighted by Gasteiger charge is -2.33. The van der Waals surface area contributed by atoms with Crippen molar-refractivity contribution in [2.75, 3.05) is 12.4 Å². The van der Waals surface area contributed by atoms with Crippen LogP contribution in [0.3, 0.4) is 0 Å². The molecule has 15 heteroatoms. The molecule has 2 unspecified atom stereocenters. The van der Waals surface area contributed by atoms with E-state index in [1.165, 1.54) is 57.2 Å². The predicted octanol–water partition coefficient (Wildman–Crippen LogP) is 11.3. The summed E-state index contributed by atoms with van der Waals surface area (Å²) in [6.45, 7) is 5.70. The minimum atomic E-state index is -7.02. The first-order valence-corrected chi connectivity index (χ1v) is 16.8. The number of allylic oxidation sites excluding steroid dienone is 1. The van der Waals surface area contributed by atoms with Crippen molar-refractivity contribution in [2.45, 2.75) is 133 Å². The van der Waals surface area contributed by atoms with Crippen molar-refractivity contribution in [2.24, 2.45) is 5.41 Å². The molecule has 0 saturated carbocycles. The lowest BCUT2D eigenvalue weighted by molar-refractivity contribution is -0.397. The smallest absolute Gasteiger partial charge is 0.460 e. The molecule has 0 spiro atoms. The molecule has 0 radical (unpaired) electrons. The summed E-state index contributed by atoms with van der Waals surface area (Å²) in [5, 5.41) is 8.43. The zero-order valence-corrected chi connectivity index (χ0v) is 27.5. The average Bonchev–Trinajstić information content (AvgIpc) is 2.93. The SMILES string of the molecule is C=CCCC(C)(C#N)CC(SC(=S)SCCCCCCCCCCCC)C(=O)OCCC(F)(F)C(F)(F)C(F)(F)C(F)(F)F. The first kappa shape index (κ1) is 42.9. The Morgan fingerprint density at radius 3 is 1.91 bits per heavy atom. The fourth-order valence-corrected chi connectivity index (χ4v) is 6.87. The molecular weight excluding hydrogens is 662 g/mol. The van der Waals surface area contributed by atoms with Gasteiger partial charge in [-0.05, 0) is 38.4 Å². The first-order valence-electron chi connectivity index (χ1n) is 14.5. The standard InChI is InChI=1S/C29H42F9NO2S3/c1-4-6-8-9-10-11-12-13-14-15-19-43-24(42)44-22(20-25(3,21-39)16-7-5-2)23(40)41-18-17-26(30,31)27(32,33)28(34,35)29(36,37)38/h5,22H,2,4,6-20H2,1,3H3. The van der Waals surface area contributed by atoms with Gasteiger partial charge in [-0.3, -0.25) is 4.79 Å². The van der Waals surface area contributed by atoms with Gasteiger partial charge < -0.3 is 4.74 Å². The molecule has 0 aromatic rings. The third kappa shape index (κ3) is 14.5. The van der Waals surface area contributed by atoms with Crippen LogP contribution in [0.5, 0.6) is 0 Å². The van der Waals surface area contributed by atoms with E-state index in [-0.39, 0.29) is 16.4 Å². The molecule has 0 bridgehead atoms. The Morgan fingerprint density at radius 2 is 1.43 bits per heavy atom. The molecule has 256 valence electrons. The molecule has 0 amide bonds. The van der Waals surface area contributed by atoms with E-state index in [1.54, 1.807) is 6.08 Å². The largest absolute Gasteiger partial charge is 0.465 e. The quantitative estimate of drug-likeness (QED) is 0.0347. The maximum atomic E-state index is 13.9. The van der Waals surface area contributed by atoms with Crippen molar-refractivity contribution in [3.05, 3.63) is 12.7 Å². The summed E-state index contributed by atoms with van der Waals surface area (Å²) in [5.74, 6) is -20.3. The number of rotatable bonds is 23. The van der Waals surface area contributed by atoms with E-state index < -0.39 is 53.6 Å². The normalized spacial score (nSPS) is 14.9. The predicted molar refractivity (Wildman–Crippen MR) is 163 cm³/mol. The maximum Gasteiger partial charge on any atom is 0.460 e. The highest BCUT2D eigenvalue weighted by atomic mass is 32.2. The van der Waals surface area contributed by atoms with Crippen LogP contribution in [0, 0.1) is 16.7 Å². The lowest BCUT2D eigenvalue weighted by Crippen LogP contribution is -2.61. The number of halogens is 9. The Morgan fingerprint density at radius 1 is 0.909 bits per heavy atom. The van der Waals surface area contributed by atoms with Gasteiger partial charge in [0.05, 0.1) is 24.5 Å². The lowest BCUT2D eigenvalue weighted by atomic mass is 9.82. The van der Waals surface area contributed by atoms with Crippen LogP contribution >= 0.6 is 35.7 Å². The molecule has 0 aromatic heterocycles. The Kier molecular flexibility index (Phi) is 19.6. The van der Waals surface area contributed by atoms with Crippen molar-refractivity contribution in [1.29, 1.82) is 5.26 Å².